The summed E-state index contributed by atoms with van der Waals surface area (Å²) in [6.07, 6.45) is 3.55. The van der Waals surface area contributed by atoms with Gasteiger partial charge >= 0.3 is 0 Å². The molecule has 188 valence electrons. The zero-order chi connectivity index (χ0) is 23.8. The number of ether oxygens (including phenoxy) is 2. The highest BCUT2D eigenvalue weighted by Gasteiger charge is 2.29. The fraction of sp³-hybridized carbons (Fsp3) is 0.458. The molecule has 4 N–H and O–H groups in total. The number of nitrogens with zero attached hydrogens (tertiary/aromatic N) is 2. The van der Waals surface area contributed by atoms with Gasteiger partial charge < -0.3 is 30.2 Å². The average Bonchev–Trinajstić information content (AvgIpc) is 3.59. The molecule has 1 saturated heterocycles. The van der Waals surface area contributed by atoms with Gasteiger partial charge in [-0.1, -0.05) is 0 Å². The van der Waals surface area contributed by atoms with E-state index in [2.05, 4.69) is 25.6 Å². The molecule has 2 fully saturated rings. The smallest absolute Gasteiger partial charge is 0.255 e. The molecule has 1 aliphatic carbocycles. The van der Waals surface area contributed by atoms with Crippen molar-refractivity contribution in [2.24, 2.45) is 5.92 Å². The van der Waals surface area contributed by atoms with Crippen LogP contribution in [0.3, 0.4) is 0 Å². The summed E-state index contributed by atoms with van der Waals surface area (Å²) in [5.41, 5.74) is 3.03. The lowest BCUT2D eigenvalue weighted by Crippen LogP contribution is -2.52. The molecule has 3 aromatic rings. The van der Waals surface area contributed by atoms with Crippen molar-refractivity contribution in [1.82, 2.24) is 25.6 Å². The van der Waals surface area contributed by atoms with Crippen LogP contribution < -0.4 is 20.1 Å². The van der Waals surface area contributed by atoms with Crippen LogP contribution in [0.5, 0.6) is 11.5 Å². The predicted molar refractivity (Wildman–Crippen MR) is 131 cm³/mol. The Hall–Kier alpha value is -2.95. The van der Waals surface area contributed by atoms with Crippen molar-refractivity contribution in [2.45, 2.75) is 38.3 Å². The number of piperidine rings is 1. The number of hydrogen-bond acceptors (Lipinski definition) is 7. The Morgan fingerprint density at radius 2 is 2.06 bits per heavy atom. The molecular formula is C24H29ClFN5O4. The fourth-order valence-corrected chi connectivity index (χ4v) is 4.34. The minimum Gasteiger partial charge on any atom is -0.494 e. The zero-order valence-corrected chi connectivity index (χ0v) is 20.4. The Kier molecular flexibility index (Phi) is 7.44. The molecule has 1 aromatic carbocycles. The SMILES string of the molecule is COc1cc(-c2ncnc3c(C(=O)NC4CCNCC4O)c(C)[nH]c23)c(OCC2CC2)cc1F.Cl. The van der Waals surface area contributed by atoms with Crippen molar-refractivity contribution in [3.63, 3.8) is 0 Å². The van der Waals surface area contributed by atoms with Gasteiger partial charge in [-0.2, -0.15) is 0 Å². The van der Waals surface area contributed by atoms with Crippen LogP contribution in [0.2, 0.25) is 0 Å². The first-order chi connectivity index (χ1) is 16.5. The highest BCUT2D eigenvalue weighted by atomic mass is 35.5. The summed E-state index contributed by atoms with van der Waals surface area (Å²) in [6, 6.07) is 2.52. The summed E-state index contributed by atoms with van der Waals surface area (Å²) in [4.78, 5) is 25.2. The second-order valence-electron chi connectivity index (χ2n) is 8.95. The van der Waals surface area contributed by atoms with E-state index in [0.717, 1.165) is 19.4 Å². The lowest BCUT2D eigenvalue weighted by atomic mass is 10.0. The van der Waals surface area contributed by atoms with Gasteiger partial charge in [0.05, 0.1) is 36.9 Å². The number of aromatic nitrogens is 3. The highest BCUT2D eigenvalue weighted by Crippen LogP contribution is 2.39. The van der Waals surface area contributed by atoms with Crippen LogP contribution in [-0.2, 0) is 0 Å². The maximum absolute atomic E-state index is 14.5. The van der Waals surface area contributed by atoms with Crippen molar-refractivity contribution < 1.29 is 23.8 Å². The van der Waals surface area contributed by atoms with Crippen LogP contribution in [0.15, 0.2) is 18.5 Å². The molecular weight excluding hydrogens is 477 g/mol. The number of amides is 1. The number of methoxy groups -OCH3 is 1. The number of aliphatic hydroxyl groups excluding tert-OH is 1. The minimum atomic E-state index is -0.661. The second-order valence-corrected chi connectivity index (χ2v) is 8.95. The summed E-state index contributed by atoms with van der Waals surface area (Å²) in [6.45, 7) is 3.44. The van der Waals surface area contributed by atoms with Gasteiger partial charge in [0.15, 0.2) is 11.6 Å². The summed E-state index contributed by atoms with van der Waals surface area (Å²) in [7, 11) is 1.40. The number of fused-ring (bicyclic) bond motifs is 1. The monoisotopic (exact) mass is 505 g/mol. The summed E-state index contributed by atoms with van der Waals surface area (Å²) in [5.74, 6) is 0.0756. The molecule has 2 aliphatic rings. The zero-order valence-electron chi connectivity index (χ0n) is 19.6. The number of carbonyl (C=O) groups is 1. The van der Waals surface area contributed by atoms with Crippen molar-refractivity contribution in [2.75, 3.05) is 26.8 Å². The van der Waals surface area contributed by atoms with Crippen LogP contribution >= 0.6 is 12.4 Å². The molecule has 2 unspecified atom stereocenters. The standard InChI is InChI=1S/C24H28FN5O4.ClH/c1-12-20(24(32)30-16-5-6-26-9-17(16)31)22-23(29-12)21(27-11-28-22)14-7-19(33-2)15(25)8-18(14)34-10-13-3-4-13;/h7-8,11,13,16-17,26,29,31H,3-6,9-10H2,1-2H3,(H,30,32);1H. The lowest BCUT2D eigenvalue weighted by molar-refractivity contribution is 0.0766. The summed E-state index contributed by atoms with van der Waals surface area (Å²) < 4.78 is 25.7. The first-order valence-corrected chi connectivity index (χ1v) is 11.5. The van der Waals surface area contributed by atoms with Gasteiger partial charge in [-0.3, -0.25) is 4.79 Å². The van der Waals surface area contributed by atoms with E-state index < -0.39 is 11.9 Å². The number of hydrogen-bond donors (Lipinski definition) is 4. The van der Waals surface area contributed by atoms with E-state index >= 15 is 0 Å². The van der Waals surface area contributed by atoms with Gasteiger partial charge in [-0.15, -0.1) is 12.4 Å². The first-order valence-electron chi connectivity index (χ1n) is 11.5. The number of aromatic amines is 1. The van der Waals surface area contributed by atoms with Gasteiger partial charge in [-0.25, -0.2) is 14.4 Å². The quantitative estimate of drug-likeness (QED) is 0.389. The largest absolute Gasteiger partial charge is 0.494 e. The first kappa shape index (κ1) is 25.2. The van der Waals surface area contributed by atoms with Crippen molar-refractivity contribution in [1.29, 1.82) is 0 Å². The van der Waals surface area contributed by atoms with E-state index in [9.17, 15) is 14.3 Å². The van der Waals surface area contributed by atoms with Gasteiger partial charge in [0.2, 0.25) is 0 Å². The van der Waals surface area contributed by atoms with Crippen LogP contribution in [-0.4, -0.2) is 64.9 Å². The molecule has 0 bridgehead atoms. The van der Waals surface area contributed by atoms with Crippen LogP contribution in [0.25, 0.3) is 22.3 Å². The molecule has 0 radical (unpaired) electrons. The van der Waals surface area contributed by atoms with Crippen LogP contribution in [0, 0.1) is 18.7 Å². The third kappa shape index (κ3) is 5.05. The van der Waals surface area contributed by atoms with E-state index in [4.69, 9.17) is 9.47 Å². The predicted octanol–water partition coefficient (Wildman–Crippen LogP) is 2.74. The van der Waals surface area contributed by atoms with E-state index in [1.807, 2.05) is 0 Å². The van der Waals surface area contributed by atoms with E-state index in [0.29, 0.717) is 64.8 Å². The number of aryl methyl sites for hydroxylation is 1. The van der Waals surface area contributed by atoms with Crippen molar-refractivity contribution in [3.05, 3.63) is 35.5 Å². The van der Waals surface area contributed by atoms with Crippen molar-refractivity contribution in [3.8, 4) is 22.8 Å². The number of benzene rings is 1. The van der Waals surface area contributed by atoms with Crippen molar-refractivity contribution >= 4 is 29.3 Å². The molecule has 1 aliphatic heterocycles. The number of H-pyrrole nitrogens is 1. The summed E-state index contributed by atoms with van der Waals surface area (Å²) >= 11 is 0. The van der Waals surface area contributed by atoms with E-state index in [1.165, 1.54) is 19.5 Å². The highest BCUT2D eigenvalue weighted by molar-refractivity contribution is 6.09. The number of carbonyl (C=O) groups excluding carboxylic acids is 1. The normalized spacial score (nSPS) is 19.8. The third-order valence-corrected chi connectivity index (χ3v) is 6.45. The number of aliphatic hydroxyl groups is 1. The molecule has 5 rings (SSSR count). The molecule has 1 saturated carbocycles. The topological polar surface area (TPSA) is 121 Å². The Bertz CT molecular complexity index is 1230. The molecule has 2 atom stereocenters. The Morgan fingerprint density at radius 3 is 2.77 bits per heavy atom. The van der Waals surface area contributed by atoms with Gasteiger partial charge in [-0.05, 0) is 44.7 Å². The molecule has 9 nitrogen and oxygen atoms in total. The van der Waals surface area contributed by atoms with E-state index in [1.54, 1.807) is 13.0 Å². The Labute approximate surface area is 208 Å². The van der Waals surface area contributed by atoms with Crippen LogP contribution in [0.1, 0.15) is 35.3 Å². The number of halogens is 2. The number of rotatable bonds is 7. The molecule has 11 heteroatoms. The number of nitrogens with one attached hydrogen (secondary N) is 3. The second kappa shape index (κ2) is 10.3. The summed E-state index contributed by atoms with van der Waals surface area (Å²) in [5, 5.41) is 16.3. The van der Waals surface area contributed by atoms with Gasteiger partial charge in [0.1, 0.15) is 23.3 Å². The Morgan fingerprint density at radius 1 is 1.26 bits per heavy atom. The molecule has 3 heterocycles. The lowest BCUT2D eigenvalue weighted by Gasteiger charge is -2.29. The molecule has 35 heavy (non-hydrogen) atoms. The minimum absolute atomic E-state index is 0. The van der Waals surface area contributed by atoms with Crippen LogP contribution in [0.4, 0.5) is 4.39 Å². The molecule has 0 spiro atoms. The maximum atomic E-state index is 14.5. The maximum Gasteiger partial charge on any atom is 0.255 e. The molecule has 2 aromatic heterocycles. The third-order valence-electron chi connectivity index (χ3n) is 6.45. The average molecular weight is 506 g/mol. The Balaban J connectivity index is 0.00000289. The van der Waals surface area contributed by atoms with Gasteiger partial charge in [0, 0.05) is 23.9 Å². The number of β-amino-alcohol motifs (C(OH)–C–C–N with tert-alkyl or cyclic N) is 1. The van der Waals surface area contributed by atoms with Gasteiger partial charge in [0.25, 0.3) is 5.91 Å². The van der Waals surface area contributed by atoms with E-state index in [-0.39, 0.29) is 30.1 Å². The molecule has 1 amide bonds. The fourth-order valence-electron chi connectivity index (χ4n) is 4.34.